The van der Waals surface area contributed by atoms with E-state index in [1.54, 1.807) is 0 Å². The molecule has 1 aromatic carbocycles. The molecule has 1 aromatic rings. The number of hydrogen-bond acceptors (Lipinski definition) is 4. The van der Waals surface area contributed by atoms with E-state index >= 15 is 0 Å². The Hall–Kier alpha value is -1.10. The highest BCUT2D eigenvalue weighted by molar-refractivity contribution is 5.30. The second kappa shape index (κ2) is 7.78. The first-order valence-electron chi connectivity index (χ1n) is 7.99. The molecule has 0 spiro atoms. The minimum absolute atomic E-state index is 0.249. The topological polar surface area (TPSA) is 41.7 Å². The smallest absolute Gasteiger partial charge is 0.119 e. The summed E-state index contributed by atoms with van der Waals surface area (Å²) >= 11 is 0. The van der Waals surface area contributed by atoms with Crippen LogP contribution in [0.3, 0.4) is 0 Å². The molecule has 0 radical (unpaired) electrons. The highest BCUT2D eigenvalue weighted by atomic mass is 16.5. The van der Waals surface area contributed by atoms with Crippen molar-refractivity contribution < 1.29 is 4.74 Å². The molecule has 1 aliphatic rings. The molecular formula is C17H29N3O. The van der Waals surface area contributed by atoms with Crippen LogP contribution in [0.4, 0.5) is 0 Å². The lowest BCUT2D eigenvalue weighted by Crippen LogP contribution is -2.40. The van der Waals surface area contributed by atoms with Crippen LogP contribution in [0, 0.1) is 0 Å². The van der Waals surface area contributed by atoms with Gasteiger partial charge in [0.15, 0.2) is 0 Å². The Bertz CT molecular complexity index is 438. The number of nitrogens with zero attached hydrogens (tertiary/aromatic N) is 2. The van der Waals surface area contributed by atoms with Gasteiger partial charge in [-0.2, -0.15) is 0 Å². The lowest BCUT2D eigenvalue weighted by Gasteiger charge is -2.32. The maximum atomic E-state index is 6.04. The SMILES string of the molecule is CCOc1cccc(C(CN)N(C)CC2CCCN2C)c1. The number of likely N-dealkylation sites (N-methyl/N-ethyl adjacent to an activating group) is 2. The van der Waals surface area contributed by atoms with E-state index in [1.807, 2.05) is 13.0 Å². The molecule has 21 heavy (non-hydrogen) atoms. The molecule has 2 rings (SSSR count). The summed E-state index contributed by atoms with van der Waals surface area (Å²) in [5.41, 5.74) is 7.28. The van der Waals surface area contributed by atoms with Gasteiger partial charge in [-0.05, 0) is 58.1 Å². The third kappa shape index (κ3) is 4.19. The summed E-state index contributed by atoms with van der Waals surface area (Å²) < 4.78 is 5.60. The van der Waals surface area contributed by atoms with Gasteiger partial charge >= 0.3 is 0 Å². The van der Waals surface area contributed by atoms with E-state index in [4.69, 9.17) is 10.5 Å². The van der Waals surface area contributed by atoms with E-state index in [-0.39, 0.29) is 6.04 Å². The van der Waals surface area contributed by atoms with Crippen LogP contribution in [0.1, 0.15) is 31.4 Å². The summed E-state index contributed by atoms with van der Waals surface area (Å²) in [6.07, 6.45) is 2.60. The van der Waals surface area contributed by atoms with Crippen LogP contribution in [0.15, 0.2) is 24.3 Å². The van der Waals surface area contributed by atoms with Gasteiger partial charge in [-0.1, -0.05) is 12.1 Å². The van der Waals surface area contributed by atoms with E-state index in [9.17, 15) is 0 Å². The molecule has 4 heteroatoms. The molecule has 1 heterocycles. The molecule has 2 atom stereocenters. The van der Waals surface area contributed by atoms with Crippen molar-refractivity contribution in [3.05, 3.63) is 29.8 Å². The van der Waals surface area contributed by atoms with Crippen molar-refractivity contribution in [1.29, 1.82) is 0 Å². The summed E-state index contributed by atoms with van der Waals surface area (Å²) in [5.74, 6) is 0.930. The first-order chi connectivity index (χ1) is 10.2. The van der Waals surface area contributed by atoms with Gasteiger partial charge in [0.1, 0.15) is 5.75 Å². The maximum absolute atomic E-state index is 6.04. The Kier molecular flexibility index (Phi) is 6.03. The number of rotatable bonds is 7. The average Bonchev–Trinajstić information content (AvgIpc) is 2.86. The second-order valence-corrected chi connectivity index (χ2v) is 5.97. The molecule has 118 valence electrons. The van der Waals surface area contributed by atoms with Crippen molar-refractivity contribution in [2.24, 2.45) is 5.73 Å². The number of benzene rings is 1. The third-order valence-corrected chi connectivity index (χ3v) is 4.48. The van der Waals surface area contributed by atoms with Crippen molar-refractivity contribution in [2.45, 2.75) is 31.8 Å². The van der Waals surface area contributed by atoms with Crippen molar-refractivity contribution in [3.8, 4) is 5.75 Å². The largest absolute Gasteiger partial charge is 0.494 e. The van der Waals surface area contributed by atoms with Gasteiger partial charge in [-0.15, -0.1) is 0 Å². The lowest BCUT2D eigenvalue weighted by molar-refractivity contribution is 0.179. The van der Waals surface area contributed by atoms with Gasteiger partial charge in [0, 0.05) is 25.2 Å². The van der Waals surface area contributed by atoms with Crippen LogP contribution < -0.4 is 10.5 Å². The minimum Gasteiger partial charge on any atom is -0.494 e. The summed E-state index contributed by atoms with van der Waals surface area (Å²) in [4.78, 5) is 4.85. The molecule has 0 aromatic heterocycles. The fourth-order valence-corrected chi connectivity index (χ4v) is 3.22. The highest BCUT2D eigenvalue weighted by Crippen LogP contribution is 2.25. The molecule has 4 nitrogen and oxygen atoms in total. The van der Waals surface area contributed by atoms with E-state index < -0.39 is 0 Å². The van der Waals surface area contributed by atoms with Gasteiger partial charge in [-0.25, -0.2) is 0 Å². The van der Waals surface area contributed by atoms with Gasteiger partial charge in [-0.3, -0.25) is 4.90 Å². The zero-order valence-electron chi connectivity index (χ0n) is 13.6. The summed E-state index contributed by atoms with van der Waals surface area (Å²) in [6.45, 7) is 5.61. The van der Waals surface area contributed by atoms with Crippen LogP contribution in [0.2, 0.25) is 0 Å². The molecule has 0 aliphatic carbocycles. The molecule has 1 fully saturated rings. The van der Waals surface area contributed by atoms with Crippen LogP contribution in [0.5, 0.6) is 5.75 Å². The van der Waals surface area contributed by atoms with Crippen molar-refractivity contribution in [3.63, 3.8) is 0 Å². The number of likely N-dealkylation sites (tertiary alicyclic amines) is 1. The minimum atomic E-state index is 0.249. The number of nitrogens with two attached hydrogens (primary N) is 1. The molecule has 1 saturated heterocycles. The van der Waals surface area contributed by atoms with Crippen molar-refractivity contribution >= 4 is 0 Å². The van der Waals surface area contributed by atoms with Gasteiger partial charge in [0.25, 0.3) is 0 Å². The summed E-state index contributed by atoms with van der Waals surface area (Å²) in [5, 5.41) is 0. The Morgan fingerprint density at radius 1 is 1.48 bits per heavy atom. The molecule has 0 bridgehead atoms. The van der Waals surface area contributed by atoms with Crippen LogP contribution in [-0.2, 0) is 0 Å². The monoisotopic (exact) mass is 291 g/mol. The molecule has 1 aliphatic heterocycles. The number of hydrogen-bond donors (Lipinski definition) is 1. The molecule has 2 N–H and O–H groups in total. The first-order valence-corrected chi connectivity index (χ1v) is 7.99. The Morgan fingerprint density at radius 3 is 2.90 bits per heavy atom. The van der Waals surface area contributed by atoms with Crippen LogP contribution in [-0.4, -0.2) is 56.2 Å². The van der Waals surface area contributed by atoms with E-state index in [2.05, 4.69) is 42.1 Å². The normalized spacial score (nSPS) is 20.9. The van der Waals surface area contributed by atoms with Crippen LogP contribution in [0.25, 0.3) is 0 Å². The maximum Gasteiger partial charge on any atom is 0.119 e. The zero-order chi connectivity index (χ0) is 15.2. The fraction of sp³-hybridized carbons (Fsp3) is 0.647. The van der Waals surface area contributed by atoms with E-state index in [1.165, 1.54) is 24.9 Å². The molecular weight excluding hydrogens is 262 g/mol. The molecule has 2 unspecified atom stereocenters. The van der Waals surface area contributed by atoms with Gasteiger partial charge < -0.3 is 15.4 Å². The van der Waals surface area contributed by atoms with Crippen molar-refractivity contribution in [1.82, 2.24) is 9.80 Å². The zero-order valence-corrected chi connectivity index (χ0v) is 13.6. The Labute approximate surface area is 128 Å². The van der Waals surface area contributed by atoms with Gasteiger partial charge in [0.2, 0.25) is 0 Å². The average molecular weight is 291 g/mol. The molecule has 0 saturated carbocycles. The van der Waals surface area contributed by atoms with Crippen molar-refractivity contribution in [2.75, 3.05) is 40.3 Å². The summed E-state index contributed by atoms with van der Waals surface area (Å²) in [7, 11) is 4.40. The molecule has 0 amide bonds. The predicted molar refractivity (Wildman–Crippen MR) is 87.7 cm³/mol. The predicted octanol–water partition coefficient (Wildman–Crippen LogP) is 2.11. The third-order valence-electron chi connectivity index (χ3n) is 4.48. The summed E-state index contributed by atoms with van der Waals surface area (Å²) in [6, 6.07) is 9.23. The lowest BCUT2D eigenvalue weighted by atomic mass is 10.0. The highest BCUT2D eigenvalue weighted by Gasteiger charge is 2.25. The fourth-order valence-electron chi connectivity index (χ4n) is 3.22. The quantitative estimate of drug-likeness (QED) is 0.835. The number of ether oxygens (including phenoxy) is 1. The standard InChI is InChI=1S/C17H29N3O/c1-4-21-16-9-5-7-14(11-16)17(12-18)20(3)13-15-8-6-10-19(15)2/h5,7,9,11,15,17H,4,6,8,10,12-13,18H2,1-3H3. The second-order valence-electron chi connectivity index (χ2n) is 5.97. The first kappa shape index (κ1) is 16.3. The van der Waals surface area contributed by atoms with Gasteiger partial charge in [0.05, 0.1) is 6.61 Å². The van der Waals surface area contributed by atoms with Crippen LogP contribution >= 0.6 is 0 Å². The Balaban J connectivity index is 2.05. The van der Waals surface area contributed by atoms with E-state index in [0.29, 0.717) is 19.2 Å². The Morgan fingerprint density at radius 2 is 2.29 bits per heavy atom. The van der Waals surface area contributed by atoms with E-state index in [0.717, 1.165) is 12.3 Å².